The third-order valence-electron chi connectivity index (χ3n) is 4.87. The molecule has 1 aliphatic rings. The van der Waals surface area contributed by atoms with Crippen molar-refractivity contribution in [1.29, 1.82) is 0 Å². The molecule has 152 valence electrons. The Kier molecular flexibility index (Phi) is 7.27. The third kappa shape index (κ3) is 6.07. The van der Waals surface area contributed by atoms with Crippen LogP contribution in [-0.2, 0) is 9.59 Å². The summed E-state index contributed by atoms with van der Waals surface area (Å²) in [5, 5.41) is 3.37. The molecule has 0 saturated carbocycles. The molecule has 1 fully saturated rings. The number of halogens is 1. The number of hydrogen-bond acceptors (Lipinski definition) is 3. The normalized spacial score (nSPS) is 14.8. The summed E-state index contributed by atoms with van der Waals surface area (Å²) in [6, 6.07) is 14.7. The maximum absolute atomic E-state index is 12.4. The summed E-state index contributed by atoms with van der Waals surface area (Å²) in [4.78, 5) is 27.6. The molecule has 1 saturated heterocycles. The van der Waals surface area contributed by atoms with Crippen LogP contribution in [-0.4, -0.2) is 56.5 Å². The summed E-state index contributed by atoms with van der Waals surface area (Å²) in [7, 11) is 1.62. The molecule has 0 radical (unpaired) electrons. The lowest BCUT2D eigenvalue weighted by molar-refractivity contribution is -0.895. The number of carbonyl (C=O) groups is 2. The first kappa shape index (κ1) is 20.9. The van der Waals surface area contributed by atoms with Crippen molar-refractivity contribution in [2.75, 3.05) is 45.2 Å². The minimum atomic E-state index is -0.0766. The fourth-order valence-corrected chi connectivity index (χ4v) is 3.38. The summed E-state index contributed by atoms with van der Waals surface area (Å²) in [6.45, 7) is 3.08. The Bertz CT molecular complexity index is 875. The highest BCUT2D eigenvalue weighted by molar-refractivity contribution is 6.33. The molecule has 1 heterocycles. The number of carbonyl (C=O) groups excluding carboxylic acids is 2. The minimum absolute atomic E-state index is 0.0135. The second-order valence-corrected chi connectivity index (χ2v) is 7.29. The molecule has 0 atom stereocenters. The van der Waals surface area contributed by atoms with E-state index in [4.69, 9.17) is 16.3 Å². The van der Waals surface area contributed by atoms with Crippen molar-refractivity contribution in [1.82, 2.24) is 4.90 Å². The summed E-state index contributed by atoms with van der Waals surface area (Å²) in [5.74, 6) is 0.693. The smallest absolute Gasteiger partial charge is 0.279 e. The maximum Gasteiger partial charge on any atom is 0.279 e. The van der Waals surface area contributed by atoms with Crippen LogP contribution in [0.15, 0.2) is 54.6 Å². The van der Waals surface area contributed by atoms with E-state index in [1.54, 1.807) is 31.4 Å². The first-order valence-corrected chi connectivity index (χ1v) is 9.92. The third-order valence-corrected chi connectivity index (χ3v) is 5.20. The minimum Gasteiger partial charge on any atom is -0.497 e. The largest absolute Gasteiger partial charge is 0.497 e. The number of methoxy groups -OCH3 is 1. The first-order valence-electron chi connectivity index (χ1n) is 9.54. The van der Waals surface area contributed by atoms with Crippen molar-refractivity contribution < 1.29 is 19.2 Å². The number of amides is 2. The van der Waals surface area contributed by atoms with E-state index in [9.17, 15) is 9.59 Å². The zero-order chi connectivity index (χ0) is 20.6. The number of hydrogen-bond donors (Lipinski definition) is 2. The quantitative estimate of drug-likeness (QED) is 0.707. The van der Waals surface area contributed by atoms with Gasteiger partial charge in [0.15, 0.2) is 6.54 Å². The molecule has 0 bridgehead atoms. The molecule has 7 heteroatoms. The molecule has 29 heavy (non-hydrogen) atoms. The Morgan fingerprint density at radius 2 is 1.83 bits per heavy atom. The van der Waals surface area contributed by atoms with Crippen LogP contribution < -0.4 is 15.0 Å². The summed E-state index contributed by atoms with van der Waals surface area (Å²) < 4.78 is 5.13. The number of nitrogens with zero attached hydrogens (tertiary/aromatic N) is 1. The van der Waals surface area contributed by atoms with Crippen LogP contribution in [0, 0.1) is 0 Å². The molecular formula is C22H25ClN3O3+. The van der Waals surface area contributed by atoms with E-state index in [-0.39, 0.29) is 11.8 Å². The van der Waals surface area contributed by atoms with Gasteiger partial charge < -0.3 is 19.9 Å². The van der Waals surface area contributed by atoms with Gasteiger partial charge in [-0.05, 0) is 35.9 Å². The molecule has 0 aliphatic carbocycles. The van der Waals surface area contributed by atoms with Gasteiger partial charge >= 0.3 is 0 Å². The standard InChI is InChI=1S/C22H24ClN3O3/c1-29-18-9-6-17(7-10-18)8-11-22(28)26-14-12-25(13-15-26)16-21(27)24-20-5-3-2-4-19(20)23/h2-11H,12-16H2,1H3,(H,24,27)/p+1/b11-8+. The van der Waals surface area contributed by atoms with Gasteiger partial charge in [-0.25, -0.2) is 0 Å². The van der Waals surface area contributed by atoms with E-state index in [1.165, 1.54) is 0 Å². The van der Waals surface area contributed by atoms with Gasteiger partial charge in [-0.2, -0.15) is 0 Å². The molecule has 3 rings (SSSR count). The van der Waals surface area contributed by atoms with Crippen LogP contribution in [0.25, 0.3) is 6.08 Å². The summed E-state index contributed by atoms with van der Waals surface area (Å²) in [6.07, 6.45) is 3.40. The molecule has 2 aromatic rings. The van der Waals surface area contributed by atoms with Gasteiger partial charge in [0.1, 0.15) is 5.75 Å². The topological polar surface area (TPSA) is 63.1 Å². The predicted octanol–water partition coefficient (Wildman–Crippen LogP) is 1.73. The monoisotopic (exact) mass is 414 g/mol. The number of piperazine rings is 1. The van der Waals surface area contributed by atoms with Crippen LogP contribution in [0.5, 0.6) is 5.75 Å². The first-order chi connectivity index (χ1) is 14.0. The Morgan fingerprint density at radius 3 is 2.48 bits per heavy atom. The van der Waals surface area contributed by atoms with Gasteiger partial charge in [0.2, 0.25) is 5.91 Å². The van der Waals surface area contributed by atoms with Gasteiger partial charge in [-0.3, -0.25) is 9.59 Å². The molecule has 0 aromatic heterocycles. The van der Waals surface area contributed by atoms with Gasteiger partial charge in [0, 0.05) is 6.08 Å². The molecule has 2 amide bonds. The van der Waals surface area contributed by atoms with Gasteiger partial charge in [0.05, 0.1) is 44.0 Å². The number of quaternary nitrogens is 1. The number of benzene rings is 2. The Balaban J connectivity index is 1.44. The van der Waals surface area contributed by atoms with E-state index >= 15 is 0 Å². The lowest BCUT2D eigenvalue weighted by Gasteiger charge is -2.31. The van der Waals surface area contributed by atoms with Crippen LogP contribution in [0.3, 0.4) is 0 Å². The molecule has 1 aliphatic heterocycles. The zero-order valence-corrected chi connectivity index (χ0v) is 17.1. The average Bonchev–Trinajstić information content (AvgIpc) is 2.74. The average molecular weight is 415 g/mol. The van der Waals surface area contributed by atoms with E-state index in [0.717, 1.165) is 29.3 Å². The molecule has 6 nitrogen and oxygen atoms in total. The molecule has 0 unspecified atom stereocenters. The number of para-hydroxylation sites is 1. The van der Waals surface area contributed by atoms with Crippen LogP contribution in [0.4, 0.5) is 5.69 Å². The van der Waals surface area contributed by atoms with Crippen molar-refractivity contribution >= 4 is 35.2 Å². The van der Waals surface area contributed by atoms with Crippen LogP contribution >= 0.6 is 11.6 Å². The highest BCUT2D eigenvalue weighted by atomic mass is 35.5. The lowest BCUT2D eigenvalue weighted by atomic mass is 10.2. The zero-order valence-electron chi connectivity index (χ0n) is 16.4. The second kappa shape index (κ2) is 10.1. The predicted molar refractivity (Wildman–Crippen MR) is 114 cm³/mol. The second-order valence-electron chi connectivity index (χ2n) is 6.89. The van der Waals surface area contributed by atoms with Crippen molar-refractivity contribution in [2.24, 2.45) is 0 Å². The SMILES string of the molecule is COc1ccc(/C=C/C(=O)N2CC[NH+](CC(=O)Nc3ccccc3Cl)CC2)cc1. The Hall–Kier alpha value is -2.83. The molecule has 0 spiro atoms. The Labute approximate surface area is 175 Å². The number of anilines is 1. The fourth-order valence-electron chi connectivity index (χ4n) is 3.19. The lowest BCUT2D eigenvalue weighted by Crippen LogP contribution is -3.15. The molecule has 2 N–H and O–H groups in total. The highest BCUT2D eigenvalue weighted by Crippen LogP contribution is 2.19. The fraction of sp³-hybridized carbons (Fsp3) is 0.273. The Morgan fingerprint density at radius 1 is 1.14 bits per heavy atom. The van der Waals surface area contributed by atoms with E-state index < -0.39 is 0 Å². The summed E-state index contributed by atoms with van der Waals surface area (Å²) >= 11 is 6.08. The van der Waals surface area contributed by atoms with Gasteiger partial charge in [0.25, 0.3) is 5.91 Å². The van der Waals surface area contributed by atoms with Crippen LogP contribution in [0.1, 0.15) is 5.56 Å². The van der Waals surface area contributed by atoms with Crippen molar-refractivity contribution in [3.8, 4) is 5.75 Å². The maximum atomic E-state index is 12.4. The molecule has 2 aromatic carbocycles. The molecular weight excluding hydrogens is 390 g/mol. The van der Waals surface area contributed by atoms with Crippen LogP contribution in [0.2, 0.25) is 5.02 Å². The van der Waals surface area contributed by atoms with Crippen molar-refractivity contribution in [2.45, 2.75) is 0 Å². The number of ether oxygens (including phenoxy) is 1. The van der Waals surface area contributed by atoms with Gasteiger partial charge in [-0.1, -0.05) is 35.9 Å². The van der Waals surface area contributed by atoms with Gasteiger partial charge in [-0.15, -0.1) is 0 Å². The number of rotatable bonds is 6. The van der Waals surface area contributed by atoms with E-state index in [2.05, 4.69) is 5.32 Å². The number of nitrogens with one attached hydrogen (secondary N) is 2. The van der Waals surface area contributed by atoms with E-state index in [1.807, 2.05) is 41.3 Å². The van der Waals surface area contributed by atoms with Crippen molar-refractivity contribution in [3.63, 3.8) is 0 Å². The summed E-state index contributed by atoms with van der Waals surface area (Å²) in [5.41, 5.74) is 1.57. The van der Waals surface area contributed by atoms with E-state index in [0.29, 0.717) is 30.3 Å². The highest BCUT2D eigenvalue weighted by Gasteiger charge is 2.24. The van der Waals surface area contributed by atoms with Crippen molar-refractivity contribution in [3.05, 3.63) is 65.2 Å².